The fraction of sp³-hybridized carbons (Fsp3) is 0.333. The Labute approximate surface area is 195 Å². The number of amides is 2. The number of hydrogen-bond acceptors (Lipinski definition) is 5. The SMILES string of the molecule is CC(C)N(CC(=O)N1CCc2sccc2C1COc1ccccc1F)C(=O)c1cccs1. The normalized spacial score (nSPS) is 15.5. The quantitative estimate of drug-likeness (QED) is 0.486. The van der Waals surface area contributed by atoms with E-state index in [4.69, 9.17) is 4.74 Å². The molecule has 2 aromatic heterocycles. The minimum absolute atomic E-state index is 0.00985. The summed E-state index contributed by atoms with van der Waals surface area (Å²) >= 11 is 3.03. The number of carbonyl (C=O) groups is 2. The van der Waals surface area contributed by atoms with E-state index in [0.717, 1.165) is 12.0 Å². The zero-order chi connectivity index (χ0) is 22.7. The molecule has 0 bridgehead atoms. The molecule has 2 amide bonds. The third kappa shape index (κ3) is 4.71. The highest BCUT2D eigenvalue weighted by atomic mass is 32.1. The van der Waals surface area contributed by atoms with Crippen molar-refractivity contribution in [2.45, 2.75) is 32.4 Å². The van der Waals surface area contributed by atoms with E-state index in [9.17, 15) is 14.0 Å². The topological polar surface area (TPSA) is 49.9 Å². The van der Waals surface area contributed by atoms with Crippen LogP contribution >= 0.6 is 22.7 Å². The summed E-state index contributed by atoms with van der Waals surface area (Å²) in [6.07, 6.45) is 0.759. The van der Waals surface area contributed by atoms with Gasteiger partial charge < -0.3 is 14.5 Å². The van der Waals surface area contributed by atoms with Gasteiger partial charge in [0.15, 0.2) is 11.6 Å². The maximum atomic E-state index is 14.1. The number of thiophene rings is 2. The van der Waals surface area contributed by atoms with E-state index in [0.29, 0.717) is 11.4 Å². The number of halogens is 1. The van der Waals surface area contributed by atoms with Gasteiger partial charge in [0.05, 0.1) is 10.9 Å². The van der Waals surface area contributed by atoms with Crippen molar-refractivity contribution in [1.82, 2.24) is 9.80 Å². The van der Waals surface area contributed by atoms with E-state index in [1.165, 1.54) is 22.3 Å². The number of para-hydroxylation sites is 1. The molecule has 0 saturated carbocycles. The lowest BCUT2D eigenvalue weighted by Gasteiger charge is -2.37. The molecule has 1 atom stereocenters. The second-order valence-corrected chi connectivity index (χ2v) is 9.85. The van der Waals surface area contributed by atoms with E-state index >= 15 is 0 Å². The average Bonchev–Trinajstić information content (AvgIpc) is 3.48. The highest BCUT2D eigenvalue weighted by Gasteiger charge is 2.34. The Morgan fingerprint density at radius 1 is 1.16 bits per heavy atom. The fourth-order valence-electron chi connectivity index (χ4n) is 3.87. The molecule has 5 nitrogen and oxygen atoms in total. The summed E-state index contributed by atoms with van der Waals surface area (Å²) in [6, 6.07) is 11.4. The molecule has 0 fully saturated rings. The molecule has 1 aromatic carbocycles. The van der Waals surface area contributed by atoms with Crippen LogP contribution in [0.15, 0.2) is 53.2 Å². The highest BCUT2D eigenvalue weighted by molar-refractivity contribution is 7.12. The fourth-order valence-corrected chi connectivity index (χ4v) is 5.48. The molecule has 1 unspecified atom stereocenters. The van der Waals surface area contributed by atoms with Crippen LogP contribution in [0.3, 0.4) is 0 Å². The van der Waals surface area contributed by atoms with Gasteiger partial charge in [-0.2, -0.15) is 0 Å². The molecule has 0 radical (unpaired) electrons. The van der Waals surface area contributed by atoms with Crippen LogP contribution in [0.25, 0.3) is 0 Å². The second kappa shape index (κ2) is 9.83. The number of ether oxygens (including phenoxy) is 1. The molecule has 32 heavy (non-hydrogen) atoms. The number of hydrogen-bond donors (Lipinski definition) is 0. The molecule has 8 heteroatoms. The van der Waals surface area contributed by atoms with E-state index < -0.39 is 5.82 Å². The molecule has 3 aromatic rings. The Hall–Kier alpha value is -2.71. The summed E-state index contributed by atoms with van der Waals surface area (Å²) < 4.78 is 19.9. The molecule has 0 saturated heterocycles. The predicted molar refractivity (Wildman–Crippen MR) is 125 cm³/mol. The summed E-state index contributed by atoms with van der Waals surface area (Å²) in [6.45, 7) is 4.49. The van der Waals surface area contributed by atoms with Gasteiger partial charge in [0.1, 0.15) is 13.2 Å². The van der Waals surface area contributed by atoms with Crippen LogP contribution in [-0.2, 0) is 11.2 Å². The number of nitrogens with zero attached hydrogens (tertiary/aromatic N) is 2. The third-order valence-corrected chi connectivity index (χ3v) is 7.42. The summed E-state index contributed by atoms with van der Waals surface area (Å²) in [4.78, 5) is 31.6. The summed E-state index contributed by atoms with van der Waals surface area (Å²) in [5.74, 6) is -0.545. The smallest absolute Gasteiger partial charge is 0.264 e. The zero-order valence-corrected chi connectivity index (χ0v) is 19.6. The van der Waals surface area contributed by atoms with Crippen molar-refractivity contribution in [3.8, 4) is 5.75 Å². The Kier molecular flexibility index (Phi) is 6.91. The van der Waals surface area contributed by atoms with E-state index in [1.807, 2.05) is 36.7 Å². The largest absolute Gasteiger partial charge is 0.488 e. The van der Waals surface area contributed by atoms with Crippen molar-refractivity contribution < 1.29 is 18.7 Å². The molecular weight excluding hydrogens is 447 g/mol. The van der Waals surface area contributed by atoms with Gasteiger partial charge in [-0.3, -0.25) is 9.59 Å². The Morgan fingerprint density at radius 2 is 1.97 bits per heavy atom. The Morgan fingerprint density at radius 3 is 2.69 bits per heavy atom. The van der Waals surface area contributed by atoms with Crippen molar-refractivity contribution >= 4 is 34.5 Å². The molecule has 0 spiro atoms. The van der Waals surface area contributed by atoms with E-state index in [-0.39, 0.29) is 42.8 Å². The Balaban J connectivity index is 1.53. The van der Waals surface area contributed by atoms with Crippen LogP contribution in [0.5, 0.6) is 5.75 Å². The zero-order valence-electron chi connectivity index (χ0n) is 18.0. The van der Waals surface area contributed by atoms with Crippen molar-refractivity contribution in [3.63, 3.8) is 0 Å². The maximum Gasteiger partial charge on any atom is 0.264 e. The lowest BCUT2D eigenvalue weighted by molar-refractivity contribution is -0.136. The van der Waals surface area contributed by atoms with Crippen molar-refractivity contribution in [1.29, 1.82) is 0 Å². The highest BCUT2D eigenvalue weighted by Crippen LogP contribution is 2.34. The maximum absolute atomic E-state index is 14.1. The van der Waals surface area contributed by atoms with Crippen LogP contribution in [0.4, 0.5) is 4.39 Å². The molecule has 1 aliphatic heterocycles. The number of fused-ring (bicyclic) bond motifs is 1. The first-order chi connectivity index (χ1) is 15.5. The van der Waals surface area contributed by atoms with E-state index in [1.54, 1.807) is 45.4 Å². The Bertz CT molecular complexity index is 1080. The van der Waals surface area contributed by atoms with Crippen molar-refractivity contribution in [2.75, 3.05) is 19.7 Å². The first-order valence-corrected chi connectivity index (χ1v) is 12.3. The first-order valence-electron chi connectivity index (χ1n) is 10.5. The lowest BCUT2D eigenvalue weighted by atomic mass is 10.00. The molecular formula is C24H25FN2O3S2. The van der Waals surface area contributed by atoms with Gasteiger partial charge in [0.2, 0.25) is 5.91 Å². The van der Waals surface area contributed by atoms with Gasteiger partial charge in [0, 0.05) is 17.5 Å². The summed E-state index contributed by atoms with van der Waals surface area (Å²) in [7, 11) is 0. The molecule has 3 heterocycles. The standard InChI is InChI=1S/C24H25FN2O3S2/c1-16(2)27(24(29)22-8-5-12-31-22)14-23(28)26-11-9-21-17(10-13-32-21)19(26)15-30-20-7-4-3-6-18(20)25/h3-8,10,12-13,16,19H,9,11,14-15H2,1-2H3. The number of benzene rings is 1. The van der Waals surface area contributed by atoms with Gasteiger partial charge in [-0.05, 0) is 60.9 Å². The predicted octanol–water partition coefficient (Wildman–Crippen LogP) is 5.00. The lowest BCUT2D eigenvalue weighted by Crippen LogP contribution is -2.49. The van der Waals surface area contributed by atoms with Crippen molar-refractivity contribution in [2.24, 2.45) is 0 Å². The van der Waals surface area contributed by atoms with Crippen LogP contribution in [-0.4, -0.2) is 47.4 Å². The van der Waals surface area contributed by atoms with Gasteiger partial charge >= 0.3 is 0 Å². The second-order valence-electron chi connectivity index (χ2n) is 7.90. The van der Waals surface area contributed by atoms with Gasteiger partial charge in [0.25, 0.3) is 5.91 Å². The first kappa shape index (κ1) is 22.5. The molecule has 0 N–H and O–H groups in total. The van der Waals surface area contributed by atoms with Crippen molar-refractivity contribution in [3.05, 3.63) is 74.4 Å². The molecule has 0 aliphatic carbocycles. The summed E-state index contributed by atoms with van der Waals surface area (Å²) in [5, 5.41) is 3.86. The van der Waals surface area contributed by atoms with Crippen LogP contribution < -0.4 is 4.74 Å². The molecule has 168 valence electrons. The van der Waals surface area contributed by atoms with Crippen LogP contribution in [0, 0.1) is 5.82 Å². The minimum atomic E-state index is -0.431. The summed E-state index contributed by atoms with van der Waals surface area (Å²) in [5.41, 5.74) is 1.03. The van der Waals surface area contributed by atoms with E-state index in [2.05, 4.69) is 0 Å². The van der Waals surface area contributed by atoms with Crippen LogP contribution in [0.2, 0.25) is 0 Å². The van der Waals surface area contributed by atoms with Gasteiger partial charge in [-0.25, -0.2) is 4.39 Å². The molecule has 1 aliphatic rings. The van der Waals surface area contributed by atoms with Crippen LogP contribution in [0.1, 0.15) is 40.0 Å². The number of carbonyl (C=O) groups excluding carboxylic acids is 2. The minimum Gasteiger partial charge on any atom is -0.488 e. The van der Waals surface area contributed by atoms with Gasteiger partial charge in [-0.15, -0.1) is 22.7 Å². The number of rotatable bonds is 7. The average molecular weight is 473 g/mol. The molecule has 4 rings (SSSR count). The monoisotopic (exact) mass is 472 g/mol. The third-order valence-electron chi connectivity index (χ3n) is 5.57. The van der Waals surface area contributed by atoms with Gasteiger partial charge in [-0.1, -0.05) is 18.2 Å².